The summed E-state index contributed by atoms with van der Waals surface area (Å²) in [5.41, 5.74) is 0. The van der Waals surface area contributed by atoms with E-state index < -0.39 is 0 Å². The van der Waals surface area contributed by atoms with E-state index >= 15 is 0 Å². The molecule has 0 aliphatic heterocycles. The van der Waals surface area contributed by atoms with Gasteiger partial charge in [0.05, 0.1) is 20.1 Å². The quantitative estimate of drug-likeness (QED) is 0.312. The Labute approximate surface area is 142 Å². The summed E-state index contributed by atoms with van der Waals surface area (Å²) in [6.45, 7) is 2.22. The van der Waals surface area contributed by atoms with Crippen LogP contribution in [-0.4, -0.2) is 26.2 Å². The molecule has 0 aliphatic carbocycles. The maximum Gasteiger partial charge on any atom is 0.308 e. The second kappa shape index (κ2) is 15.8. The van der Waals surface area contributed by atoms with Gasteiger partial charge < -0.3 is 9.47 Å². The highest BCUT2D eigenvalue weighted by atomic mass is 16.5. The molecule has 4 nitrogen and oxygen atoms in total. The molecule has 0 saturated carbocycles. The fraction of sp³-hybridized carbons (Fsp3) is 0.895. The van der Waals surface area contributed by atoms with Crippen LogP contribution in [0.15, 0.2) is 0 Å². The fourth-order valence-electron chi connectivity index (χ4n) is 2.83. The zero-order valence-corrected chi connectivity index (χ0v) is 15.4. The number of hydrogen-bond acceptors (Lipinski definition) is 4. The number of methoxy groups -OCH3 is 2. The molecule has 0 aliphatic rings. The van der Waals surface area contributed by atoms with Gasteiger partial charge in [-0.05, 0) is 19.3 Å². The lowest BCUT2D eigenvalue weighted by Crippen LogP contribution is -2.16. The minimum atomic E-state index is -0.138. The largest absolute Gasteiger partial charge is 0.469 e. The number of unbranched alkanes of at least 4 members (excludes halogenated alkanes) is 8. The summed E-state index contributed by atoms with van der Waals surface area (Å²) in [6, 6.07) is 0. The summed E-state index contributed by atoms with van der Waals surface area (Å²) >= 11 is 0. The predicted molar refractivity (Wildman–Crippen MR) is 93.2 cm³/mol. The first-order valence-electron chi connectivity index (χ1n) is 9.30. The van der Waals surface area contributed by atoms with Crippen molar-refractivity contribution >= 4 is 11.9 Å². The van der Waals surface area contributed by atoms with Crippen LogP contribution < -0.4 is 0 Å². The maximum absolute atomic E-state index is 11.8. The number of rotatable bonds is 15. The standard InChI is InChI=1S/C19H36O4/c1-4-5-6-7-8-11-14-17(19(21)23-3)15-12-9-10-13-16-18(20)22-2/h17H,4-16H2,1-3H3. The average molecular weight is 328 g/mol. The van der Waals surface area contributed by atoms with Crippen LogP contribution in [-0.2, 0) is 19.1 Å². The lowest BCUT2D eigenvalue weighted by molar-refractivity contribution is -0.146. The molecule has 0 saturated heterocycles. The first-order valence-corrected chi connectivity index (χ1v) is 9.30. The molecular formula is C19H36O4. The Morgan fingerprint density at radius 2 is 1.26 bits per heavy atom. The molecule has 0 heterocycles. The van der Waals surface area contributed by atoms with E-state index in [0.29, 0.717) is 6.42 Å². The van der Waals surface area contributed by atoms with Crippen molar-refractivity contribution in [2.75, 3.05) is 14.2 Å². The van der Waals surface area contributed by atoms with E-state index in [1.54, 1.807) is 0 Å². The van der Waals surface area contributed by atoms with Crippen molar-refractivity contribution < 1.29 is 19.1 Å². The number of carbonyl (C=O) groups is 2. The summed E-state index contributed by atoms with van der Waals surface area (Å²) in [6.07, 6.45) is 13.8. The highest BCUT2D eigenvalue weighted by molar-refractivity contribution is 5.72. The Hall–Kier alpha value is -1.06. The molecule has 0 aromatic heterocycles. The highest BCUT2D eigenvalue weighted by Gasteiger charge is 2.18. The summed E-state index contributed by atoms with van der Waals surface area (Å²) in [5.74, 6) is -0.152. The zero-order valence-electron chi connectivity index (χ0n) is 15.4. The van der Waals surface area contributed by atoms with E-state index in [4.69, 9.17) is 4.74 Å². The Bertz CT molecular complexity index is 302. The molecule has 0 bridgehead atoms. The van der Waals surface area contributed by atoms with Crippen LogP contribution in [0.25, 0.3) is 0 Å². The van der Waals surface area contributed by atoms with Crippen LogP contribution in [0.5, 0.6) is 0 Å². The molecule has 0 spiro atoms. The van der Waals surface area contributed by atoms with Gasteiger partial charge in [-0.25, -0.2) is 0 Å². The van der Waals surface area contributed by atoms with E-state index in [1.807, 2.05) is 0 Å². The molecule has 0 aromatic rings. The van der Waals surface area contributed by atoms with Gasteiger partial charge in [-0.2, -0.15) is 0 Å². The molecule has 0 aromatic carbocycles. The smallest absolute Gasteiger partial charge is 0.308 e. The third-order valence-corrected chi connectivity index (χ3v) is 4.35. The number of hydrogen-bond donors (Lipinski definition) is 0. The molecule has 136 valence electrons. The van der Waals surface area contributed by atoms with E-state index in [-0.39, 0.29) is 17.9 Å². The summed E-state index contributed by atoms with van der Waals surface area (Å²) in [7, 11) is 2.90. The van der Waals surface area contributed by atoms with Crippen molar-refractivity contribution in [3.8, 4) is 0 Å². The first-order chi connectivity index (χ1) is 11.2. The average Bonchev–Trinajstić information content (AvgIpc) is 2.57. The van der Waals surface area contributed by atoms with Crippen LogP contribution in [0.1, 0.15) is 90.4 Å². The number of carbonyl (C=O) groups excluding carboxylic acids is 2. The van der Waals surface area contributed by atoms with Crippen LogP contribution in [0.4, 0.5) is 0 Å². The van der Waals surface area contributed by atoms with Gasteiger partial charge in [-0.3, -0.25) is 9.59 Å². The van der Waals surface area contributed by atoms with Crippen molar-refractivity contribution in [2.45, 2.75) is 90.4 Å². The Kier molecular flexibility index (Phi) is 15.1. The van der Waals surface area contributed by atoms with Gasteiger partial charge in [0, 0.05) is 6.42 Å². The molecule has 0 rings (SSSR count). The van der Waals surface area contributed by atoms with E-state index in [9.17, 15) is 9.59 Å². The molecule has 0 fully saturated rings. The minimum absolute atomic E-state index is 0.0479. The molecule has 23 heavy (non-hydrogen) atoms. The Morgan fingerprint density at radius 1 is 0.739 bits per heavy atom. The summed E-state index contributed by atoms with van der Waals surface area (Å²) < 4.78 is 9.55. The minimum Gasteiger partial charge on any atom is -0.469 e. The van der Waals surface area contributed by atoms with Crippen LogP contribution in [0, 0.1) is 5.92 Å². The molecule has 1 unspecified atom stereocenters. The van der Waals surface area contributed by atoms with Crippen molar-refractivity contribution in [3.05, 3.63) is 0 Å². The van der Waals surface area contributed by atoms with Gasteiger partial charge in [0.2, 0.25) is 0 Å². The number of esters is 2. The highest BCUT2D eigenvalue weighted by Crippen LogP contribution is 2.20. The van der Waals surface area contributed by atoms with E-state index in [0.717, 1.165) is 44.9 Å². The van der Waals surface area contributed by atoms with E-state index in [1.165, 1.54) is 46.3 Å². The fourth-order valence-corrected chi connectivity index (χ4v) is 2.83. The third kappa shape index (κ3) is 13.1. The van der Waals surface area contributed by atoms with Crippen LogP contribution in [0.2, 0.25) is 0 Å². The SMILES string of the molecule is CCCCCCCCC(CCCCCCC(=O)OC)C(=O)OC. The Morgan fingerprint density at radius 3 is 1.78 bits per heavy atom. The zero-order chi connectivity index (χ0) is 17.3. The van der Waals surface area contributed by atoms with Gasteiger partial charge >= 0.3 is 11.9 Å². The van der Waals surface area contributed by atoms with Crippen molar-refractivity contribution in [1.29, 1.82) is 0 Å². The van der Waals surface area contributed by atoms with Gasteiger partial charge in [0.25, 0.3) is 0 Å². The molecule has 0 radical (unpaired) electrons. The topological polar surface area (TPSA) is 52.6 Å². The summed E-state index contributed by atoms with van der Waals surface area (Å²) in [5, 5.41) is 0. The van der Waals surface area contributed by atoms with Gasteiger partial charge in [-0.15, -0.1) is 0 Å². The van der Waals surface area contributed by atoms with Crippen LogP contribution >= 0.6 is 0 Å². The van der Waals surface area contributed by atoms with Gasteiger partial charge in [-0.1, -0.05) is 64.7 Å². The lowest BCUT2D eigenvalue weighted by Gasteiger charge is -2.14. The Balaban J connectivity index is 3.75. The van der Waals surface area contributed by atoms with Crippen LogP contribution in [0.3, 0.4) is 0 Å². The molecule has 4 heteroatoms. The van der Waals surface area contributed by atoms with Crippen molar-refractivity contribution in [2.24, 2.45) is 5.92 Å². The van der Waals surface area contributed by atoms with Crippen molar-refractivity contribution in [1.82, 2.24) is 0 Å². The monoisotopic (exact) mass is 328 g/mol. The molecular weight excluding hydrogens is 292 g/mol. The van der Waals surface area contributed by atoms with E-state index in [2.05, 4.69) is 11.7 Å². The summed E-state index contributed by atoms with van der Waals surface area (Å²) in [4.78, 5) is 22.9. The van der Waals surface area contributed by atoms with Crippen molar-refractivity contribution in [3.63, 3.8) is 0 Å². The molecule has 0 amide bonds. The third-order valence-electron chi connectivity index (χ3n) is 4.35. The molecule has 0 N–H and O–H groups in total. The van der Waals surface area contributed by atoms with Gasteiger partial charge in [0.15, 0.2) is 0 Å². The maximum atomic E-state index is 11.8. The second-order valence-corrected chi connectivity index (χ2v) is 6.31. The lowest BCUT2D eigenvalue weighted by atomic mass is 9.94. The second-order valence-electron chi connectivity index (χ2n) is 6.31. The number of ether oxygens (including phenoxy) is 2. The van der Waals surface area contributed by atoms with Gasteiger partial charge in [0.1, 0.15) is 0 Å². The molecule has 1 atom stereocenters. The first kappa shape index (κ1) is 21.9. The predicted octanol–water partition coefficient (Wildman–Crippen LogP) is 5.04. The normalized spacial score (nSPS) is 12.0.